The van der Waals surface area contributed by atoms with Crippen LogP contribution in [0.15, 0.2) is 36.7 Å². The SMILES string of the molecule is Cn1cc(N2CCCC(NC(=O)CCc3ccccc3N)C2)cn1. The quantitative estimate of drug-likeness (QED) is 0.820. The zero-order chi connectivity index (χ0) is 16.9. The molecule has 1 aromatic heterocycles. The van der Waals surface area contributed by atoms with Crippen molar-refractivity contribution in [3.63, 3.8) is 0 Å². The highest BCUT2D eigenvalue weighted by atomic mass is 16.1. The number of aryl methyl sites for hydroxylation is 2. The van der Waals surface area contributed by atoms with Gasteiger partial charge in [0.2, 0.25) is 5.91 Å². The molecular weight excluding hydrogens is 302 g/mol. The van der Waals surface area contributed by atoms with Crippen LogP contribution in [0.5, 0.6) is 0 Å². The van der Waals surface area contributed by atoms with Gasteiger partial charge in [0.05, 0.1) is 11.9 Å². The number of para-hydroxylation sites is 1. The topological polar surface area (TPSA) is 76.2 Å². The smallest absolute Gasteiger partial charge is 0.220 e. The molecule has 1 unspecified atom stereocenters. The van der Waals surface area contributed by atoms with Gasteiger partial charge in [0.25, 0.3) is 0 Å². The molecule has 1 aliphatic heterocycles. The van der Waals surface area contributed by atoms with Crippen molar-refractivity contribution in [2.24, 2.45) is 7.05 Å². The van der Waals surface area contributed by atoms with E-state index >= 15 is 0 Å². The maximum absolute atomic E-state index is 12.3. The van der Waals surface area contributed by atoms with Gasteiger partial charge in [0.1, 0.15) is 0 Å². The number of carbonyl (C=O) groups excluding carboxylic acids is 1. The Morgan fingerprint density at radius 2 is 2.25 bits per heavy atom. The zero-order valence-corrected chi connectivity index (χ0v) is 14.1. The first-order chi connectivity index (χ1) is 11.6. The van der Waals surface area contributed by atoms with Gasteiger partial charge in [-0.25, -0.2) is 0 Å². The number of benzene rings is 1. The number of nitrogen functional groups attached to an aromatic ring is 1. The number of hydrogen-bond acceptors (Lipinski definition) is 4. The van der Waals surface area contributed by atoms with Crippen LogP contribution in [0.3, 0.4) is 0 Å². The van der Waals surface area contributed by atoms with E-state index in [2.05, 4.69) is 15.3 Å². The second-order valence-electron chi connectivity index (χ2n) is 6.42. The van der Waals surface area contributed by atoms with Crippen LogP contribution < -0.4 is 16.0 Å². The zero-order valence-electron chi connectivity index (χ0n) is 14.1. The van der Waals surface area contributed by atoms with Crippen molar-refractivity contribution in [1.82, 2.24) is 15.1 Å². The summed E-state index contributed by atoms with van der Waals surface area (Å²) in [5, 5.41) is 7.39. The van der Waals surface area contributed by atoms with E-state index in [1.54, 1.807) is 0 Å². The Hall–Kier alpha value is -2.50. The molecule has 1 aromatic carbocycles. The Balaban J connectivity index is 1.50. The van der Waals surface area contributed by atoms with Gasteiger partial charge in [-0.1, -0.05) is 18.2 Å². The van der Waals surface area contributed by atoms with Crippen LogP contribution in [0.4, 0.5) is 11.4 Å². The molecule has 24 heavy (non-hydrogen) atoms. The lowest BCUT2D eigenvalue weighted by molar-refractivity contribution is -0.121. The van der Waals surface area contributed by atoms with Gasteiger partial charge in [-0.3, -0.25) is 9.48 Å². The van der Waals surface area contributed by atoms with Crippen molar-refractivity contribution in [2.75, 3.05) is 23.7 Å². The van der Waals surface area contributed by atoms with Crippen molar-refractivity contribution in [2.45, 2.75) is 31.7 Å². The van der Waals surface area contributed by atoms with Crippen LogP contribution in [0.2, 0.25) is 0 Å². The maximum Gasteiger partial charge on any atom is 0.220 e. The van der Waals surface area contributed by atoms with Crippen LogP contribution in [0, 0.1) is 0 Å². The summed E-state index contributed by atoms with van der Waals surface area (Å²) < 4.78 is 1.81. The number of nitrogens with two attached hydrogens (primary N) is 1. The predicted molar refractivity (Wildman–Crippen MR) is 95.8 cm³/mol. The lowest BCUT2D eigenvalue weighted by atomic mass is 10.0. The fourth-order valence-electron chi connectivity index (χ4n) is 3.21. The predicted octanol–water partition coefficient (Wildman–Crippen LogP) is 1.72. The normalized spacial score (nSPS) is 17.7. The van der Waals surface area contributed by atoms with Crippen LogP contribution in [0.1, 0.15) is 24.8 Å². The first-order valence-electron chi connectivity index (χ1n) is 8.48. The highest BCUT2D eigenvalue weighted by Crippen LogP contribution is 2.19. The van der Waals surface area contributed by atoms with Gasteiger partial charge in [-0.2, -0.15) is 5.10 Å². The molecule has 2 heterocycles. The minimum atomic E-state index is 0.0938. The fourth-order valence-corrected chi connectivity index (χ4v) is 3.21. The molecule has 2 aromatic rings. The molecule has 128 valence electrons. The number of nitrogens with zero attached hydrogens (tertiary/aromatic N) is 3. The van der Waals surface area contributed by atoms with Crippen LogP contribution in [0.25, 0.3) is 0 Å². The van der Waals surface area contributed by atoms with Crippen molar-refractivity contribution in [3.8, 4) is 0 Å². The summed E-state index contributed by atoms with van der Waals surface area (Å²) in [6, 6.07) is 7.91. The number of aromatic nitrogens is 2. The van der Waals surface area contributed by atoms with E-state index < -0.39 is 0 Å². The van der Waals surface area contributed by atoms with E-state index in [4.69, 9.17) is 5.73 Å². The second kappa shape index (κ2) is 7.38. The number of rotatable bonds is 5. The summed E-state index contributed by atoms with van der Waals surface area (Å²) in [5.74, 6) is 0.0938. The largest absolute Gasteiger partial charge is 0.399 e. The summed E-state index contributed by atoms with van der Waals surface area (Å²) in [6.45, 7) is 1.85. The highest BCUT2D eigenvalue weighted by Gasteiger charge is 2.22. The van der Waals surface area contributed by atoms with Crippen LogP contribution >= 0.6 is 0 Å². The first-order valence-corrected chi connectivity index (χ1v) is 8.48. The number of hydrogen-bond donors (Lipinski definition) is 2. The second-order valence-corrected chi connectivity index (χ2v) is 6.42. The van der Waals surface area contributed by atoms with Crippen molar-refractivity contribution >= 4 is 17.3 Å². The molecular formula is C18H25N5O. The van der Waals surface area contributed by atoms with Gasteiger partial charge in [-0.15, -0.1) is 0 Å². The minimum Gasteiger partial charge on any atom is -0.399 e. The number of carbonyl (C=O) groups is 1. The van der Waals surface area contributed by atoms with Gasteiger partial charge in [0, 0.05) is 44.5 Å². The first kappa shape index (κ1) is 16.4. The van der Waals surface area contributed by atoms with E-state index in [0.29, 0.717) is 12.8 Å². The molecule has 1 amide bonds. The maximum atomic E-state index is 12.3. The summed E-state index contributed by atoms with van der Waals surface area (Å²) in [5.41, 5.74) is 8.84. The summed E-state index contributed by atoms with van der Waals surface area (Å²) in [7, 11) is 1.92. The lowest BCUT2D eigenvalue weighted by Gasteiger charge is -2.33. The van der Waals surface area contributed by atoms with Crippen molar-refractivity contribution in [1.29, 1.82) is 0 Å². The van der Waals surface area contributed by atoms with E-state index in [1.165, 1.54) is 0 Å². The monoisotopic (exact) mass is 327 g/mol. The Labute approximate surface area is 142 Å². The van der Waals surface area contributed by atoms with Gasteiger partial charge in [0.15, 0.2) is 0 Å². The van der Waals surface area contributed by atoms with Crippen LogP contribution in [-0.4, -0.2) is 34.8 Å². The Morgan fingerprint density at radius 3 is 3.00 bits per heavy atom. The number of piperidine rings is 1. The number of anilines is 2. The van der Waals surface area contributed by atoms with Crippen molar-refractivity contribution < 1.29 is 4.79 Å². The molecule has 0 radical (unpaired) electrons. The van der Waals surface area contributed by atoms with Crippen molar-refractivity contribution in [3.05, 3.63) is 42.2 Å². The highest BCUT2D eigenvalue weighted by molar-refractivity contribution is 5.77. The summed E-state index contributed by atoms with van der Waals surface area (Å²) in [4.78, 5) is 14.5. The third-order valence-electron chi connectivity index (χ3n) is 4.52. The molecule has 6 nitrogen and oxygen atoms in total. The number of amides is 1. The summed E-state index contributed by atoms with van der Waals surface area (Å²) in [6.07, 6.45) is 7.14. The molecule has 1 saturated heterocycles. The van der Waals surface area contributed by atoms with Gasteiger partial charge < -0.3 is 16.0 Å². The standard InChI is InChI=1S/C18H25N5O/c1-22-13-16(11-20-22)23-10-4-6-15(12-23)21-18(24)9-8-14-5-2-3-7-17(14)19/h2-3,5,7,11,13,15H,4,6,8-10,12,19H2,1H3,(H,21,24). The molecule has 1 aliphatic rings. The Morgan fingerprint density at radius 1 is 1.42 bits per heavy atom. The molecule has 3 rings (SSSR count). The van der Waals surface area contributed by atoms with E-state index in [0.717, 1.165) is 42.9 Å². The van der Waals surface area contributed by atoms with Gasteiger partial charge >= 0.3 is 0 Å². The summed E-state index contributed by atoms with van der Waals surface area (Å²) >= 11 is 0. The van der Waals surface area contributed by atoms with E-state index in [-0.39, 0.29) is 11.9 Å². The molecule has 0 aliphatic carbocycles. The molecule has 3 N–H and O–H groups in total. The molecule has 0 spiro atoms. The van der Waals surface area contributed by atoms with E-state index in [1.807, 2.05) is 48.4 Å². The number of nitrogens with one attached hydrogen (secondary N) is 1. The molecule has 1 fully saturated rings. The van der Waals surface area contributed by atoms with Crippen LogP contribution in [-0.2, 0) is 18.3 Å². The molecule has 6 heteroatoms. The Bertz CT molecular complexity index is 696. The third-order valence-corrected chi connectivity index (χ3v) is 4.52. The molecule has 0 saturated carbocycles. The fraction of sp³-hybridized carbons (Fsp3) is 0.444. The third kappa shape index (κ3) is 4.07. The molecule has 0 bridgehead atoms. The van der Waals surface area contributed by atoms with E-state index in [9.17, 15) is 4.79 Å². The molecule has 1 atom stereocenters. The minimum absolute atomic E-state index is 0.0938. The van der Waals surface area contributed by atoms with Gasteiger partial charge in [-0.05, 0) is 30.9 Å². The lowest BCUT2D eigenvalue weighted by Crippen LogP contribution is -2.47. The Kier molecular flexibility index (Phi) is 5.03. The average molecular weight is 327 g/mol. The average Bonchev–Trinajstić information content (AvgIpc) is 3.01.